The predicted molar refractivity (Wildman–Crippen MR) is 22.1 cm³/mol. The van der Waals surface area contributed by atoms with Gasteiger partial charge in [0, 0.05) is 6.92 Å². The Morgan fingerprint density at radius 3 is 2.67 bits per heavy atom. The first-order valence-electron chi connectivity index (χ1n) is 1.67. The molecule has 0 atom stereocenters. The van der Waals surface area contributed by atoms with Crippen LogP contribution < -0.4 is 0 Å². The molecule has 0 bridgehead atoms. The molecule has 6 heavy (non-hydrogen) atoms. The lowest BCUT2D eigenvalue weighted by Crippen LogP contribution is -1.48. The molecule has 1 rings (SSSR count). The van der Waals surface area contributed by atoms with Crippen LogP contribution in [0.15, 0.2) is 23.0 Å². The second-order valence-corrected chi connectivity index (χ2v) is 1.06. The van der Waals surface area contributed by atoms with Crippen molar-refractivity contribution >= 4 is 0 Å². The van der Waals surface area contributed by atoms with E-state index in [1.54, 1.807) is 6.07 Å². The van der Waals surface area contributed by atoms with Crippen LogP contribution in [0.4, 0.5) is 0 Å². The zero-order valence-corrected chi connectivity index (χ0v) is 3.22. The van der Waals surface area contributed by atoms with E-state index in [-0.39, 0.29) is 0 Å². The molecule has 0 aliphatic rings. The Kier molecular flexibility index (Phi) is 0.675. The van der Waals surface area contributed by atoms with E-state index in [9.17, 15) is 0 Å². The van der Waals surface area contributed by atoms with Crippen molar-refractivity contribution in [3.05, 3.63) is 31.1 Å². The van der Waals surface area contributed by atoms with Crippen LogP contribution in [0.5, 0.6) is 0 Å². The SMILES string of the molecule is [CH]c1ccoc1. The molecule has 1 nitrogen and oxygen atoms in total. The van der Waals surface area contributed by atoms with Gasteiger partial charge in [-0.1, -0.05) is 0 Å². The van der Waals surface area contributed by atoms with Crippen molar-refractivity contribution in [2.75, 3.05) is 0 Å². The molecule has 0 unspecified atom stereocenters. The maximum Gasteiger partial charge on any atom is 0.0937 e. The molecular weight excluding hydrogens is 76.1 g/mol. The fourth-order valence-corrected chi connectivity index (χ4v) is 0.275. The standard InChI is InChI=1S/C5H4O/c1-5-2-3-6-4-5/h1-4H. The fourth-order valence-electron chi connectivity index (χ4n) is 0.275. The molecular formula is C5H4O. The van der Waals surface area contributed by atoms with Crippen molar-refractivity contribution < 1.29 is 4.42 Å². The van der Waals surface area contributed by atoms with Crippen LogP contribution in [0.1, 0.15) is 5.56 Å². The van der Waals surface area contributed by atoms with E-state index in [1.165, 1.54) is 12.5 Å². The van der Waals surface area contributed by atoms with Gasteiger partial charge in [0.2, 0.25) is 0 Å². The first kappa shape index (κ1) is 3.47. The van der Waals surface area contributed by atoms with Crippen LogP contribution in [0.2, 0.25) is 0 Å². The average Bonchev–Trinajstić information content (AvgIpc) is 1.86. The third kappa shape index (κ3) is 0.432. The van der Waals surface area contributed by atoms with Gasteiger partial charge in [-0.15, -0.1) is 0 Å². The van der Waals surface area contributed by atoms with Crippen molar-refractivity contribution in [2.24, 2.45) is 0 Å². The van der Waals surface area contributed by atoms with Gasteiger partial charge in [0.15, 0.2) is 0 Å². The van der Waals surface area contributed by atoms with Gasteiger partial charge in [-0.05, 0) is 11.6 Å². The van der Waals surface area contributed by atoms with E-state index in [2.05, 4.69) is 4.42 Å². The van der Waals surface area contributed by atoms with Gasteiger partial charge >= 0.3 is 0 Å². The molecule has 1 heterocycles. The lowest BCUT2D eigenvalue weighted by atomic mass is 10.4. The van der Waals surface area contributed by atoms with Crippen molar-refractivity contribution in [2.45, 2.75) is 0 Å². The maximum atomic E-state index is 5.18. The van der Waals surface area contributed by atoms with Crippen LogP contribution >= 0.6 is 0 Å². The molecule has 30 valence electrons. The molecule has 0 amide bonds. The van der Waals surface area contributed by atoms with Crippen molar-refractivity contribution in [1.82, 2.24) is 0 Å². The molecule has 1 heteroatoms. The highest BCUT2D eigenvalue weighted by Gasteiger charge is 1.76. The molecule has 0 aliphatic heterocycles. The largest absolute Gasteiger partial charge is 0.472 e. The highest BCUT2D eigenvalue weighted by atomic mass is 16.3. The molecule has 0 aromatic carbocycles. The quantitative estimate of drug-likeness (QED) is 0.458. The van der Waals surface area contributed by atoms with Crippen molar-refractivity contribution in [1.29, 1.82) is 0 Å². The highest BCUT2D eigenvalue weighted by molar-refractivity contribution is 5.07. The van der Waals surface area contributed by atoms with Gasteiger partial charge in [0.1, 0.15) is 0 Å². The number of hydrogen-bond acceptors (Lipinski definition) is 1. The summed E-state index contributed by atoms with van der Waals surface area (Å²) in [6, 6.07) is 1.69. The summed E-state index contributed by atoms with van der Waals surface area (Å²) < 4.78 is 4.59. The van der Waals surface area contributed by atoms with Gasteiger partial charge in [-0.2, -0.15) is 0 Å². The van der Waals surface area contributed by atoms with Crippen LogP contribution in [0, 0.1) is 6.92 Å². The maximum absolute atomic E-state index is 5.18. The third-order valence-electron chi connectivity index (χ3n) is 0.543. The van der Waals surface area contributed by atoms with Gasteiger partial charge in [0.05, 0.1) is 12.5 Å². The van der Waals surface area contributed by atoms with E-state index in [0.29, 0.717) is 5.56 Å². The van der Waals surface area contributed by atoms with E-state index in [4.69, 9.17) is 6.92 Å². The predicted octanol–water partition coefficient (Wildman–Crippen LogP) is 1.34. The fraction of sp³-hybridized carbons (Fsp3) is 0. The summed E-state index contributed by atoms with van der Waals surface area (Å²) in [6.07, 6.45) is 3.02. The Labute approximate surface area is 36.6 Å². The van der Waals surface area contributed by atoms with Crippen LogP contribution in [0.3, 0.4) is 0 Å². The zero-order valence-electron chi connectivity index (χ0n) is 3.22. The summed E-state index contributed by atoms with van der Waals surface area (Å²) in [7, 11) is 0. The Balaban J connectivity index is 3.05. The van der Waals surface area contributed by atoms with E-state index < -0.39 is 0 Å². The Morgan fingerprint density at radius 2 is 2.50 bits per heavy atom. The number of rotatable bonds is 0. The zero-order chi connectivity index (χ0) is 4.41. The molecule has 0 aliphatic carbocycles. The molecule has 0 N–H and O–H groups in total. The minimum absolute atomic E-state index is 0.676. The Bertz CT molecular complexity index is 107. The van der Waals surface area contributed by atoms with E-state index in [1.807, 2.05) is 0 Å². The molecule has 2 radical (unpaired) electrons. The lowest BCUT2D eigenvalue weighted by Gasteiger charge is -1.62. The molecule has 0 fully saturated rings. The highest BCUT2D eigenvalue weighted by Crippen LogP contribution is 1.93. The smallest absolute Gasteiger partial charge is 0.0937 e. The summed E-state index contributed by atoms with van der Waals surface area (Å²) in [4.78, 5) is 0. The second kappa shape index (κ2) is 1.17. The minimum Gasteiger partial charge on any atom is -0.472 e. The van der Waals surface area contributed by atoms with Crippen LogP contribution in [-0.2, 0) is 0 Å². The molecule has 0 saturated heterocycles. The van der Waals surface area contributed by atoms with Crippen LogP contribution in [-0.4, -0.2) is 0 Å². The minimum atomic E-state index is 0.676. The van der Waals surface area contributed by atoms with Gasteiger partial charge in [0.25, 0.3) is 0 Å². The van der Waals surface area contributed by atoms with Gasteiger partial charge in [-0.25, -0.2) is 0 Å². The monoisotopic (exact) mass is 80.0 g/mol. The van der Waals surface area contributed by atoms with Crippen molar-refractivity contribution in [3.8, 4) is 0 Å². The van der Waals surface area contributed by atoms with Gasteiger partial charge < -0.3 is 4.42 Å². The summed E-state index contributed by atoms with van der Waals surface area (Å²) in [5, 5.41) is 0. The Morgan fingerprint density at radius 1 is 1.67 bits per heavy atom. The normalized spacial score (nSPS) is 8.83. The average molecular weight is 80.1 g/mol. The summed E-state index contributed by atoms with van der Waals surface area (Å²) >= 11 is 0. The molecule has 1 aromatic heterocycles. The molecule has 0 saturated carbocycles. The number of furan rings is 1. The molecule has 1 aromatic rings. The first-order valence-corrected chi connectivity index (χ1v) is 1.67. The topological polar surface area (TPSA) is 13.1 Å². The number of hydrogen-bond donors (Lipinski definition) is 0. The first-order chi connectivity index (χ1) is 2.89. The summed E-state index contributed by atoms with van der Waals surface area (Å²) in [5.41, 5.74) is 0.676. The van der Waals surface area contributed by atoms with Gasteiger partial charge in [-0.3, -0.25) is 0 Å². The lowest BCUT2D eigenvalue weighted by molar-refractivity contribution is 0.566. The van der Waals surface area contributed by atoms with Crippen LogP contribution in [0.25, 0.3) is 0 Å². The van der Waals surface area contributed by atoms with Crippen molar-refractivity contribution in [3.63, 3.8) is 0 Å². The second-order valence-electron chi connectivity index (χ2n) is 1.06. The summed E-state index contributed by atoms with van der Waals surface area (Å²) in [6.45, 7) is 5.18. The molecule has 0 spiro atoms. The Hall–Kier alpha value is -0.720. The summed E-state index contributed by atoms with van der Waals surface area (Å²) in [5.74, 6) is 0. The third-order valence-corrected chi connectivity index (χ3v) is 0.543. The van der Waals surface area contributed by atoms with E-state index >= 15 is 0 Å². The van der Waals surface area contributed by atoms with E-state index in [0.717, 1.165) is 0 Å².